The van der Waals surface area contributed by atoms with Gasteiger partial charge >= 0.3 is 5.97 Å². The van der Waals surface area contributed by atoms with Crippen LogP contribution in [0.25, 0.3) is 0 Å². The van der Waals surface area contributed by atoms with Gasteiger partial charge in [-0.15, -0.1) is 0 Å². The lowest BCUT2D eigenvalue weighted by Crippen LogP contribution is -2.61. The smallest absolute Gasteiger partial charge is 0.306 e. The van der Waals surface area contributed by atoms with Crippen molar-refractivity contribution in [3.05, 3.63) is 60.8 Å². The molecular weight excluding hydrogens is 919 g/mol. The van der Waals surface area contributed by atoms with Gasteiger partial charge in [0.1, 0.15) is 24.4 Å². The fraction of sp³-hybridized carbons (Fsp3) is 0.806. The molecule has 6 N–H and O–H groups in total. The molecule has 0 aromatic rings. The molecule has 0 bridgehead atoms. The average molecular weight is 1030 g/mol. The number of unbranched alkanes of at least 4 members (excludes halogenated alkanes) is 30. The Morgan fingerprint density at radius 2 is 1.00 bits per heavy atom. The van der Waals surface area contributed by atoms with Gasteiger partial charge in [-0.1, -0.05) is 242 Å². The number of amides is 1. The number of allylic oxidation sites excluding steroid dienone is 9. The van der Waals surface area contributed by atoms with E-state index in [1.165, 1.54) is 135 Å². The Kier molecular flexibility index (Phi) is 47.0. The average Bonchev–Trinajstić information content (AvgIpc) is 3.39. The zero-order chi connectivity index (χ0) is 53.3. The predicted octanol–water partition coefficient (Wildman–Crippen LogP) is 13.8. The van der Waals surface area contributed by atoms with Crippen LogP contribution in [0.15, 0.2) is 60.8 Å². The number of esters is 1. The van der Waals surface area contributed by atoms with Gasteiger partial charge < -0.3 is 45.1 Å². The van der Waals surface area contributed by atoms with E-state index in [1.54, 1.807) is 6.08 Å². The van der Waals surface area contributed by atoms with Gasteiger partial charge in [-0.05, 0) is 70.6 Å². The number of carbonyl (C=O) groups excluding carboxylic acids is 2. The van der Waals surface area contributed by atoms with Crippen molar-refractivity contribution >= 4 is 11.9 Å². The lowest BCUT2D eigenvalue weighted by Gasteiger charge is -2.41. The van der Waals surface area contributed by atoms with E-state index < -0.39 is 67.4 Å². The van der Waals surface area contributed by atoms with Gasteiger partial charge in [-0.3, -0.25) is 9.59 Å². The number of hydrogen-bond acceptors (Lipinski definition) is 10. The second-order valence-corrected chi connectivity index (χ2v) is 20.8. The third-order valence-electron chi connectivity index (χ3n) is 14.0. The molecule has 8 atom stereocenters. The van der Waals surface area contributed by atoms with Gasteiger partial charge in [0.2, 0.25) is 5.91 Å². The molecule has 11 heteroatoms. The molecule has 0 aliphatic carbocycles. The first-order chi connectivity index (χ1) is 35.7. The topological polar surface area (TPSA) is 175 Å². The highest BCUT2D eigenvalue weighted by Crippen LogP contribution is 2.26. The molecule has 424 valence electrons. The molecular formula is C62H111NO10. The van der Waals surface area contributed by atoms with E-state index in [0.717, 1.165) is 77.0 Å². The Hall–Kier alpha value is -2.64. The van der Waals surface area contributed by atoms with E-state index in [4.69, 9.17) is 14.2 Å². The van der Waals surface area contributed by atoms with Crippen LogP contribution in [0.5, 0.6) is 0 Å². The Labute approximate surface area is 446 Å². The molecule has 0 radical (unpaired) electrons. The Bertz CT molecular complexity index is 1420. The number of aliphatic hydroxyl groups is 5. The third kappa shape index (κ3) is 38.5. The van der Waals surface area contributed by atoms with Crippen LogP contribution >= 0.6 is 0 Å². The summed E-state index contributed by atoms with van der Waals surface area (Å²) in [5.41, 5.74) is 0. The van der Waals surface area contributed by atoms with Crippen molar-refractivity contribution in [1.82, 2.24) is 5.32 Å². The molecule has 1 aliphatic heterocycles. The Morgan fingerprint density at radius 3 is 1.51 bits per heavy atom. The zero-order valence-electron chi connectivity index (χ0n) is 46.7. The number of aliphatic hydroxyl groups excluding tert-OH is 5. The van der Waals surface area contributed by atoms with E-state index in [2.05, 4.69) is 56.5 Å². The van der Waals surface area contributed by atoms with E-state index in [0.29, 0.717) is 12.8 Å². The van der Waals surface area contributed by atoms with Crippen molar-refractivity contribution < 1.29 is 49.3 Å². The summed E-state index contributed by atoms with van der Waals surface area (Å²) >= 11 is 0. The summed E-state index contributed by atoms with van der Waals surface area (Å²) < 4.78 is 17.5. The van der Waals surface area contributed by atoms with E-state index in [9.17, 15) is 35.1 Å². The highest BCUT2D eigenvalue weighted by atomic mass is 16.7. The number of hydrogen-bond donors (Lipinski definition) is 6. The van der Waals surface area contributed by atoms with Crippen molar-refractivity contribution in [3.8, 4) is 0 Å². The van der Waals surface area contributed by atoms with Crippen LogP contribution in [0.2, 0.25) is 0 Å². The molecule has 1 aliphatic rings. The quantitative estimate of drug-likeness (QED) is 0.0149. The maximum Gasteiger partial charge on any atom is 0.306 e. The van der Waals surface area contributed by atoms with Gasteiger partial charge in [0.15, 0.2) is 12.4 Å². The lowest BCUT2D eigenvalue weighted by atomic mass is 9.99. The maximum absolute atomic E-state index is 13.4. The van der Waals surface area contributed by atoms with Gasteiger partial charge in [-0.2, -0.15) is 0 Å². The van der Waals surface area contributed by atoms with Crippen LogP contribution < -0.4 is 5.32 Å². The summed E-state index contributed by atoms with van der Waals surface area (Å²) in [5.74, 6) is -1.22. The highest BCUT2D eigenvalue weighted by molar-refractivity contribution is 5.80. The SMILES string of the molecule is CC/C=C/C=C/C=C\CCCCCCCC(=O)OC1C(OCC(NC(=O)C(O)CCCCCCCCCCCC/C=C/CCCCCCCC)C(O)/C=C/CCCCCCCCCCC)OC(CO)C(O)C1O. The minimum Gasteiger partial charge on any atom is -0.454 e. The molecule has 0 aromatic carbocycles. The molecule has 1 saturated heterocycles. The summed E-state index contributed by atoms with van der Waals surface area (Å²) in [6.45, 7) is 5.63. The second kappa shape index (κ2) is 50.2. The fourth-order valence-electron chi connectivity index (χ4n) is 9.18. The Morgan fingerprint density at radius 1 is 0.548 bits per heavy atom. The number of nitrogens with one attached hydrogen (secondary N) is 1. The molecule has 0 aromatic heterocycles. The molecule has 11 nitrogen and oxygen atoms in total. The van der Waals surface area contributed by atoms with Crippen LogP contribution in [0, 0.1) is 0 Å². The summed E-state index contributed by atoms with van der Waals surface area (Å²) in [6.07, 6.45) is 51.3. The zero-order valence-corrected chi connectivity index (χ0v) is 46.7. The first kappa shape index (κ1) is 68.4. The summed E-state index contributed by atoms with van der Waals surface area (Å²) in [7, 11) is 0. The van der Waals surface area contributed by atoms with Gasteiger partial charge in [0.05, 0.1) is 25.4 Å². The van der Waals surface area contributed by atoms with Crippen molar-refractivity contribution in [2.75, 3.05) is 13.2 Å². The maximum atomic E-state index is 13.4. The molecule has 1 fully saturated rings. The largest absolute Gasteiger partial charge is 0.454 e. The Balaban J connectivity index is 2.67. The molecule has 73 heavy (non-hydrogen) atoms. The van der Waals surface area contributed by atoms with Crippen molar-refractivity contribution in [3.63, 3.8) is 0 Å². The summed E-state index contributed by atoms with van der Waals surface area (Å²) in [5, 5.41) is 56.8. The second-order valence-electron chi connectivity index (χ2n) is 20.8. The standard InChI is InChI=1S/C62H111NO10/c1-4-7-10-13-16-19-22-24-25-26-27-28-29-30-32-34-37-40-43-46-49-55(66)61(70)63-53(54(65)48-45-42-39-36-33-21-18-15-12-9-6-3)52-71-62-60(59(69)58(68)56(51-64)72-62)73-57(67)50-47-44-41-38-35-31-23-20-17-14-11-8-5-2/h8,11,14,17,20,23-25,45,48,53-56,58-60,62,64-66,68-69H,4-7,9-10,12-13,15-16,18-19,21-22,26-44,46-47,49-52H2,1-3H3,(H,63,70)/b11-8+,17-14+,23-20-,25-24+,48-45+. The van der Waals surface area contributed by atoms with Crippen LogP contribution in [-0.4, -0.2) is 99.6 Å². The van der Waals surface area contributed by atoms with Crippen LogP contribution in [0.3, 0.4) is 0 Å². The third-order valence-corrected chi connectivity index (χ3v) is 14.0. The number of rotatable bonds is 50. The normalized spacial score (nSPS) is 19.8. The molecule has 1 rings (SSSR count). The highest BCUT2D eigenvalue weighted by Gasteiger charge is 2.47. The van der Waals surface area contributed by atoms with Crippen LogP contribution in [0.1, 0.15) is 258 Å². The first-order valence-electron chi connectivity index (χ1n) is 30.1. The molecule has 0 spiro atoms. The lowest BCUT2D eigenvalue weighted by molar-refractivity contribution is -0.305. The molecule has 8 unspecified atom stereocenters. The molecule has 0 saturated carbocycles. The van der Waals surface area contributed by atoms with Gasteiger partial charge in [0, 0.05) is 6.42 Å². The number of carbonyl (C=O) groups is 2. The monoisotopic (exact) mass is 1030 g/mol. The minimum atomic E-state index is -1.62. The first-order valence-corrected chi connectivity index (χ1v) is 30.1. The van der Waals surface area contributed by atoms with E-state index in [-0.39, 0.29) is 19.4 Å². The van der Waals surface area contributed by atoms with Crippen LogP contribution in [-0.2, 0) is 23.8 Å². The van der Waals surface area contributed by atoms with Crippen LogP contribution in [0.4, 0.5) is 0 Å². The predicted molar refractivity (Wildman–Crippen MR) is 301 cm³/mol. The van der Waals surface area contributed by atoms with Crippen molar-refractivity contribution in [2.45, 2.75) is 307 Å². The van der Waals surface area contributed by atoms with Gasteiger partial charge in [-0.25, -0.2) is 0 Å². The van der Waals surface area contributed by atoms with Gasteiger partial charge in [0.25, 0.3) is 0 Å². The summed E-state index contributed by atoms with van der Waals surface area (Å²) in [6, 6.07) is -1.03. The van der Waals surface area contributed by atoms with Crippen molar-refractivity contribution in [2.24, 2.45) is 0 Å². The molecule has 1 amide bonds. The number of ether oxygens (including phenoxy) is 3. The minimum absolute atomic E-state index is 0.0995. The molecule has 1 heterocycles. The van der Waals surface area contributed by atoms with E-state index >= 15 is 0 Å². The van der Waals surface area contributed by atoms with E-state index in [1.807, 2.05) is 24.3 Å². The fourth-order valence-corrected chi connectivity index (χ4v) is 9.18. The van der Waals surface area contributed by atoms with Crippen molar-refractivity contribution in [1.29, 1.82) is 0 Å². The summed E-state index contributed by atoms with van der Waals surface area (Å²) in [4.78, 5) is 26.5.